The molecule has 1 atom stereocenters. The van der Waals surface area contributed by atoms with Crippen molar-refractivity contribution in [2.75, 3.05) is 0 Å². The van der Waals surface area contributed by atoms with Gasteiger partial charge in [0.25, 0.3) is 5.91 Å². The van der Waals surface area contributed by atoms with Gasteiger partial charge in [-0.3, -0.25) is 9.59 Å². The molecule has 0 aliphatic heterocycles. The fraction of sp³-hybridized carbons (Fsp3) is 0.625. The molecule has 0 saturated heterocycles. The predicted molar refractivity (Wildman–Crippen MR) is 86.1 cm³/mol. The molecule has 1 aromatic heterocycles. The molecule has 21 heavy (non-hydrogen) atoms. The van der Waals surface area contributed by atoms with Crippen LogP contribution in [0.5, 0.6) is 0 Å². The topological polar surface area (TPSA) is 66.4 Å². The van der Waals surface area contributed by atoms with Gasteiger partial charge in [0.2, 0.25) is 0 Å². The smallest absolute Gasteiger partial charge is 0.305 e. The average molecular weight is 311 g/mol. The SMILES string of the molecule is CCCc1sc(C(=O)NC(CCC)CC(=O)O)cc1CC. The molecule has 1 amide bonds. The lowest BCUT2D eigenvalue weighted by molar-refractivity contribution is -0.137. The largest absolute Gasteiger partial charge is 0.481 e. The third-order valence-electron chi connectivity index (χ3n) is 3.37. The Balaban J connectivity index is 2.79. The number of carbonyl (C=O) groups is 2. The third-order valence-corrected chi connectivity index (χ3v) is 4.61. The van der Waals surface area contributed by atoms with Gasteiger partial charge < -0.3 is 10.4 Å². The summed E-state index contributed by atoms with van der Waals surface area (Å²) in [7, 11) is 0. The van der Waals surface area contributed by atoms with Gasteiger partial charge in [-0.2, -0.15) is 0 Å². The molecule has 0 saturated carbocycles. The van der Waals surface area contributed by atoms with Crippen molar-refractivity contribution in [3.8, 4) is 0 Å². The maximum Gasteiger partial charge on any atom is 0.305 e. The Morgan fingerprint density at radius 1 is 1.29 bits per heavy atom. The molecule has 118 valence electrons. The summed E-state index contributed by atoms with van der Waals surface area (Å²) >= 11 is 1.54. The number of rotatable bonds is 9. The first-order chi connectivity index (χ1) is 10.0. The second-order valence-corrected chi connectivity index (χ2v) is 6.36. The van der Waals surface area contributed by atoms with Crippen LogP contribution in [-0.2, 0) is 17.6 Å². The Morgan fingerprint density at radius 3 is 2.52 bits per heavy atom. The Labute approximate surface area is 130 Å². The van der Waals surface area contributed by atoms with E-state index in [9.17, 15) is 9.59 Å². The van der Waals surface area contributed by atoms with Crippen molar-refractivity contribution >= 4 is 23.2 Å². The van der Waals surface area contributed by atoms with Crippen LogP contribution in [0, 0.1) is 0 Å². The van der Waals surface area contributed by atoms with Gasteiger partial charge in [0.1, 0.15) is 0 Å². The number of nitrogens with one attached hydrogen (secondary N) is 1. The second-order valence-electron chi connectivity index (χ2n) is 5.22. The predicted octanol–water partition coefficient (Wildman–Crippen LogP) is 3.64. The summed E-state index contributed by atoms with van der Waals surface area (Å²) in [5.74, 6) is -1.02. The number of hydrogen-bond acceptors (Lipinski definition) is 3. The first-order valence-corrected chi connectivity index (χ1v) is 8.47. The maximum absolute atomic E-state index is 12.3. The normalized spacial score (nSPS) is 12.1. The molecule has 5 heteroatoms. The molecular formula is C16H25NO3S. The van der Waals surface area contributed by atoms with E-state index in [2.05, 4.69) is 19.2 Å². The monoisotopic (exact) mass is 311 g/mol. The van der Waals surface area contributed by atoms with Crippen molar-refractivity contribution in [3.05, 3.63) is 21.4 Å². The Kier molecular flexibility index (Phi) is 7.43. The van der Waals surface area contributed by atoms with Crippen molar-refractivity contribution in [1.82, 2.24) is 5.32 Å². The fourth-order valence-corrected chi connectivity index (χ4v) is 3.62. The van der Waals surface area contributed by atoms with Crippen molar-refractivity contribution in [2.45, 2.75) is 65.3 Å². The van der Waals surface area contributed by atoms with Crippen LogP contribution >= 0.6 is 11.3 Å². The van der Waals surface area contributed by atoms with Crippen LogP contribution in [0.25, 0.3) is 0 Å². The van der Waals surface area contributed by atoms with E-state index in [1.54, 1.807) is 0 Å². The first-order valence-electron chi connectivity index (χ1n) is 7.65. The van der Waals surface area contributed by atoms with Gasteiger partial charge in [0, 0.05) is 10.9 Å². The van der Waals surface area contributed by atoms with Gasteiger partial charge >= 0.3 is 5.97 Å². The van der Waals surface area contributed by atoms with Gasteiger partial charge in [0.05, 0.1) is 11.3 Å². The third kappa shape index (κ3) is 5.50. The van der Waals surface area contributed by atoms with Crippen LogP contribution in [0.3, 0.4) is 0 Å². The summed E-state index contributed by atoms with van der Waals surface area (Å²) in [6.45, 7) is 6.21. The van der Waals surface area contributed by atoms with Gasteiger partial charge in [-0.1, -0.05) is 33.6 Å². The van der Waals surface area contributed by atoms with Crippen LogP contribution in [-0.4, -0.2) is 23.0 Å². The zero-order valence-electron chi connectivity index (χ0n) is 13.1. The van der Waals surface area contributed by atoms with Gasteiger partial charge in [-0.25, -0.2) is 0 Å². The van der Waals surface area contributed by atoms with Crippen molar-refractivity contribution < 1.29 is 14.7 Å². The van der Waals surface area contributed by atoms with Gasteiger partial charge in [-0.15, -0.1) is 11.3 Å². The van der Waals surface area contributed by atoms with Crippen molar-refractivity contribution in [1.29, 1.82) is 0 Å². The zero-order valence-corrected chi connectivity index (χ0v) is 13.9. The van der Waals surface area contributed by atoms with E-state index in [0.717, 1.165) is 25.7 Å². The molecule has 0 fully saturated rings. The lowest BCUT2D eigenvalue weighted by Gasteiger charge is -2.15. The number of amides is 1. The van der Waals surface area contributed by atoms with Crippen LogP contribution in [0.1, 0.15) is 66.6 Å². The summed E-state index contributed by atoms with van der Waals surface area (Å²) in [5.41, 5.74) is 1.23. The minimum atomic E-state index is -0.874. The van der Waals surface area contributed by atoms with Gasteiger partial charge in [0.15, 0.2) is 0 Å². The standard InChI is InChI=1S/C16H25NO3S/c1-4-7-12(10-15(18)19)17-16(20)14-9-11(6-3)13(21-14)8-5-2/h9,12H,4-8,10H2,1-3H3,(H,17,20)(H,18,19). The minimum absolute atomic E-state index is 0.0204. The molecule has 1 heterocycles. The van der Waals surface area contributed by atoms with E-state index < -0.39 is 5.97 Å². The molecule has 0 bridgehead atoms. The number of carbonyl (C=O) groups excluding carboxylic acids is 1. The maximum atomic E-state index is 12.3. The average Bonchev–Trinajstić information content (AvgIpc) is 2.82. The fourth-order valence-electron chi connectivity index (χ4n) is 2.36. The summed E-state index contributed by atoms with van der Waals surface area (Å²) in [6, 6.07) is 1.66. The van der Waals surface area contributed by atoms with Crippen LogP contribution in [0.4, 0.5) is 0 Å². The highest BCUT2D eigenvalue weighted by molar-refractivity contribution is 7.14. The molecule has 0 spiro atoms. The number of aryl methyl sites for hydroxylation is 2. The number of carboxylic acids is 1. The number of hydrogen-bond donors (Lipinski definition) is 2. The molecule has 1 unspecified atom stereocenters. The van der Waals surface area contributed by atoms with Crippen molar-refractivity contribution in [2.24, 2.45) is 0 Å². The van der Waals surface area contributed by atoms with Gasteiger partial charge in [-0.05, 0) is 30.9 Å². The summed E-state index contributed by atoms with van der Waals surface area (Å²) < 4.78 is 0. The molecule has 0 aromatic carbocycles. The summed E-state index contributed by atoms with van der Waals surface area (Å²) in [5, 5.41) is 11.8. The highest BCUT2D eigenvalue weighted by Gasteiger charge is 2.18. The highest BCUT2D eigenvalue weighted by Crippen LogP contribution is 2.24. The quantitative estimate of drug-likeness (QED) is 0.731. The molecule has 1 aromatic rings. The van der Waals surface area contributed by atoms with Crippen molar-refractivity contribution in [3.63, 3.8) is 0 Å². The van der Waals surface area contributed by atoms with Crippen LogP contribution in [0.15, 0.2) is 6.07 Å². The Morgan fingerprint density at radius 2 is 2.00 bits per heavy atom. The van der Waals surface area contributed by atoms with Crippen LogP contribution in [0.2, 0.25) is 0 Å². The molecular weight excluding hydrogens is 286 g/mol. The number of carboxylic acid groups (broad SMARTS) is 1. The summed E-state index contributed by atoms with van der Waals surface area (Å²) in [6.07, 6.45) is 4.50. The molecule has 2 N–H and O–H groups in total. The minimum Gasteiger partial charge on any atom is -0.481 e. The van der Waals surface area contributed by atoms with E-state index in [4.69, 9.17) is 5.11 Å². The molecule has 0 radical (unpaired) electrons. The lowest BCUT2D eigenvalue weighted by atomic mass is 10.1. The molecule has 1 rings (SSSR count). The molecule has 0 aliphatic rings. The van der Waals surface area contributed by atoms with E-state index in [1.807, 2.05) is 13.0 Å². The first kappa shape index (κ1) is 17.7. The molecule has 0 aliphatic carbocycles. The molecule has 4 nitrogen and oxygen atoms in total. The summed E-state index contributed by atoms with van der Waals surface area (Å²) in [4.78, 5) is 25.1. The van der Waals surface area contributed by atoms with Crippen LogP contribution < -0.4 is 5.32 Å². The van der Waals surface area contributed by atoms with E-state index in [0.29, 0.717) is 11.3 Å². The highest BCUT2D eigenvalue weighted by atomic mass is 32.1. The van der Waals surface area contributed by atoms with E-state index >= 15 is 0 Å². The van der Waals surface area contributed by atoms with E-state index in [1.165, 1.54) is 21.8 Å². The lowest BCUT2D eigenvalue weighted by Crippen LogP contribution is -2.36. The number of aliphatic carboxylic acids is 1. The Bertz CT molecular complexity index is 482. The second kappa shape index (κ2) is 8.82. The zero-order chi connectivity index (χ0) is 15.8. The Hall–Kier alpha value is -1.36. The number of thiophene rings is 1. The van der Waals surface area contributed by atoms with E-state index in [-0.39, 0.29) is 18.4 Å².